The summed E-state index contributed by atoms with van der Waals surface area (Å²) in [6.07, 6.45) is 9.24. The molecule has 3 aromatic rings. The van der Waals surface area contributed by atoms with E-state index < -0.39 is 24.2 Å². The van der Waals surface area contributed by atoms with E-state index in [0.29, 0.717) is 49.6 Å². The van der Waals surface area contributed by atoms with Crippen LogP contribution in [-0.2, 0) is 38.6 Å². The van der Waals surface area contributed by atoms with Gasteiger partial charge in [0.05, 0.1) is 12.1 Å². The number of amides is 3. The fourth-order valence-electron chi connectivity index (χ4n) is 9.64. The fourth-order valence-corrected chi connectivity index (χ4v) is 10.7. The van der Waals surface area contributed by atoms with Crippen molar-refractivity contribution in [1.29, 1.82) is 0 Å². The molecule has 1 N–H and O–H groups in total. The van der Waals surface area contributed by atoms with Crippen LogP contribution in [0.1, 0.15) is 168 Å². The van der Waals surface area contributed by atoms with Gasteiger partial charge in [-0.3, -0.25) is 19.2 Å². The van der Waals surface area contributed by atoms with E-state index in [1.54, 1.807) is 42.9 Å². The molecule has 3 rings (SSSR count). The second kappa shape index (κ2) is 34.0. The molecule has 75 heavy (non-hydrogen) atoms. The first kappa shape index (κ1) is 66.1. The zero-order chi connectivity index (χ0) is 55.9. The lowest BCUT2D eigenvalue weighted by atomic mass is 9.89. The molecule has 9 unspecified atom stereocenters. The molecule has 0 bridgehead atoms. The smallest absolute Gasteiger partial charge is 0.245 e. The van der Waals surface area contributed by atoms with E-state index in [2.05, 4.69) is 103 Å². The number of Topliss-reactive ketones (excluding diaryl/α,β-unsaturated/α-hetero) is 1. The number of aromatic nitrogens is 2. The number of hydrogen-bond donors (Lipinski definition) is 5. The molecule has 0 saturated carbocycles. The monoisotopic (exact) mass is 1110 g/mol. The predicted molar refractivity (Wildman–Crippen MR) is 321 cm³/mol. The summed E-state index contributed by atoms with van der Waals surface area (Å²) in [5.74, 6) is 1.69. The Morgan fingerprint density at radius 2 is 1.09 bits per heavy atom. The highest BCUT2D eigenvalue weighted by Crippen LogP contribution is 2.29. The number of likely N-dealkylation sites (N-methyl/N-ethyl adjacent to an activating group) is 4. The van der Waals surface area contributed by atoms with Crippen LogP contribution in [-0.4, -0.2) is 122 Å². The number of thiol groups is 4. The van der Waals surface area contributed by atoms with Crippen molar-refractivity contribution in [2.24, 2.45) is 23.7 Å². The van der Waals surface area contributed by atoms with E-state index in [1.807, 2.05) is 54.6 Å². The minimum atomic E-state index is -0.911. The van der Waals surface area contributed by atoms with E-state index in [1.165, 1.54) is 0 Å². The van der Waals surface area contributed by atoms with Gasteiger partial charge in [-0.1, -0.05) is 110 Å². The average Bonchev–Trinajstić information content (AvgIpc) is 3.86. The van der Waals surface area contributed by atoms with Crippen molar-refractivity contribution in [1.82, 2.24) is 30.2 Å². The zero-order valence-corrected chi connectivity index (χ0v) is 51.4. The summed E-state index contributed by atoms with van der Waals surface area (Å²) in [6, 6.07) is 15.0. The third-order valence-electron chi connectivity index (χ3n) is 14.8. The van der Waals surface area contributed by atoms with Crippen molar-refractivity contribution in [3.63, 3.8) is 0 Å². The van der Waals surface area contributed by atoms with Crippen LogP contribution >= 0.6 is 50.5 Å². The lowest BCUT2D eigenvalue weighted by molar-refractivity contribution is -0.153. The number of carbonyl (C=O) groups is 4. The van der Waals surface area contributed by atoms with Crippen LogP contribution in [0, 0.1) is 23.7 Å². The molecule has 0 saturated heterocycles. The maximum Gasteiger partial charge on any atom is 0.245 e. The SMILES string of the molecule is CCC(C)c1nc(COc2ccc(CC(S)CCC(C)C[C@@H](C(=O)N(C)C(CC(C)CCC(C)S)C(=O)CC(S)Cc3ccccc3)N(C)C(=O)[C@H](CC(C)CCC(C)S)N(C)C(=O)[C@H](CC(C)C)NC)cc2)no1. The third-order valence-corrected chi connectivity index (χ3v) is 16.1. The van der Waals surface area contributed by atoms with Crippen molar-refractivity contribution in [2.45, 2.75) is 210 Å². The van der Waals surface area contributed by atoms with Gasteiger partial charge in [0.2, 0.25) is 29.4 Å². The Labute approximate surface area is 474 Å². The van der Waals surface area contributed by atoms with Crippen molar-refractivity contribution in [2.75, 3.05) is 28.2 Å². The quantitative estimate of drug-likeness (QED) is 0.0360. The number of hydrogen-bond acceptors (Lipinski definition) is 13. The van der Waals surface area contributed by atoms with E-state index in [-0.39, 0.29) is 87.1 Å². The molecule has 3 amide bonds. The lowest BCUT2D eigenvalue weighted by Gasteiger charge is -2.40. The zero-order valence-electron chi connectivity index (χ0n) is 47.8. The number of carbonyl (C=O) groups excluding carboxylic acids is 4. The van der Waals surface area contributed by atoms with E-state index in [9.17, 15) is 9.59 Å². The van der Waals surface area contributed by atoms with Gasteiger partial charge in [0, 0.05) is 44.0 Å². The van der Waals surface area contributed by atoms with Crippen LogP contribution in [0.25, 0.3) is 0 Å². The first-order chi connectivity index (χ1) is 35.4. The Hall–Kier alpha value is -3.18. The Morgan fingerprint density at radius 3 is 1.60 bits per heavy atom. The summed E-state index contributed by atoms with van der Waals surface area (Å²) < 4.78 is 11.4. The Bertz CT molecular complexity index is 2130. The molecule has 1 heterocycles. The first-order valence-electron chi connectivity index (χ1n) is 27.7. The minimum Gasteiger partial charge on any atom is -0.485 e. The topological polar surface area (TPSA) is 138 Å². The van der Waals surface area contributed by atoms with E-state index in [4.69, 9.17) is 34.5 Å². The van der Waals surface area contributed by atoms with Gasteiger partial charge in [0.25, 0.3) is 0 Å². The summed E-state index contributed by atoms with van der Waals surface area (Å²) in [7, 11) is 6.94. The van der Waals surface area contributed by atoms with Crippen LogP contribution in [0.15, 0.2) is 59.1 Å². The van der Waals surface area contributed by atoms with Crippen molar-refractivity contribution < 1.29 is 28.4 Å². The second-order valence-corrected chi connectivity index (χ2v) is 25.7. The molecule has 422 valence electrons. The van der Waals surface area contributed by atoms with Crippen LogP contribution in [0.3, 0.4) is 0 Å². The summed E-state index contributed by atoms with van der Waals surface area (Å²) in [5, 5.41) is 7.43. The normalized spacial score (nSPS) is 16.6. The van der Waals surface area contributed by atoms with Gasteiger partial charge in [-0.25, -0.2) is 0 Å². The van der Waals surface area contributed by atoms with Gasteiger partial charge in [-0.2, -0.15) is 55.5 Å². The molecule has 2 aromatic carbocycles. The van der Waals surface area contributed by atoms with Gasteiger partial charge in [0.1, 0.15) is 17.8 Å². The molecule has 0 aliphatic rings. The van der Waals surface area contributed by atoms with Gasteiger partial charge in [-0.05, 0) is 148 Å². The maximum atomic E-state index is 15.5. The maximum absolute atomic E-state index is 15.5. The second-order valence-electron chi connectivity index (χ2n) is 22.5. The molecular weight excluding hydrogens is 1020 g/mol. The predicted octanol–water partition coefficient (Wildman–Crippen LogP) is 11.7. The summed E-state index contributed by atoms with van der Waals surface area (Å²) in [5.41, 5.74) is 2.21. The minimum absolute atomic E-state index is 0.00929. The standard InChI is InChI=1S/C59H96N6O6S4/c1-14-42(7)56-61-55(62-71-56)37-70-47-27-25-46(26-28-47)34-48(74)29-22-41(6)33-53(65(13)59(69)52(32-40(5)21-24-44(9)73)64(12)57(67)50(60-10)30-38(2)3)58(68)63(11)51(31-39(4)20-23-43(8)72)54(66)36-49(75)35-45-18-16-15-17-19-45/h15-19,25-28,38-44,48-53,60,72-75H,14,20-24,29-37H2,1-13H3/t39?,40?,41?,42?,43?,44?,48?,49?,50-,51?,52-,53-/m0/s1. The third kappa shape index (κ3) is 23.4. The average molecular weight is 1110 g/mol. The van der Waals surface area contributed by atoms with Crippen LogP contribution in [0.2, 0.25) is 0 Å². The molecule has 12 atom stereocenters. The van der Waals surface area contributed by atoms with Crippen molar-refractivity contribution >= 4 is 74.0 Å². The number of nitrogens with one attached hydrogen (secondary N) is 1. The Balaban J connectivity index is 1.95. The van der Waals surface area contributed by atoms with Gasteiger partial charge in [-0.15, -0.1) is 0 Å². The van der Waals surface area contributed by atoms with Crippen molar-refractivity contribution in [3.8, 4) is 5.75 Å². The van der Waals surface area contributed by atoms with Crippen LogP contribution in [0.4, 0.5) is 0 Å². The molecule has 0 spiro atoms. The molecule has 16 heteroatoms. The summed E-state index contributed by atoms with van der Waals surface area (Å²) in [6.45, 7) is 19.0. The van der Waals surface area contributed by atoms with E-state index in [0.717, 1.165) is 62.5 Å². The summed E-state index contributed by atoms with van der Waals surface area (Å²) in [4.78, 5) is 69.1. The number of ketones is 1. The molecule has 0 fully saturated rings. The van der Waals surface area contributed by atoms with Crippen LogP contribution < -0.4 is 10.1 Å². The van der Waals surface area contributed by atoms with Gasteiger partial charge >= 0.3 is 0 Å². The van der Waals surface area contributed by atoms with E-state index >= 15 is 9.59 Å². The number of rotatable bonds is 36. The molecular formula is C59H96N6O6S4. The number of benzene rings is 2. The molecule has 0 aliphatic carbocycles. The lowest BCUT2D eigenvalue weighted by Crippen LogP contribution is -2.58. The number of ether oxygens (including phenoxy) is 1. The molecule has 1 aromatic heterocycles. The van der Waals surface area contributed by atoms with Crippen molar-refractivity contribution in [3.05, 3.63) is 77.4 Å². The Morgan fingerprint density at radius 1 is 0.613 bits per heavy atom. The molecule has 12 nitrogen and oxygen atoms in total. The highest BCUT2D eigenvalue weighted by atomic mass is 32.1. The van der Waals surface area contributed by atoms with Crippen LogP contribution in [0.5, 0.6) is 5.75 Å². The summed E-state index contributed by atoms with van der Waals surface area (Å²) >= 11 is 19.2. The first-order valence-corrected chi connectivity index (χ1v) is 29.8. The van der Waals surface area contributed by atoms with Gasteiger partial charge < -0.3 is 29.3 Å². The molecule has 0 aliphatic heterocycles. The number of nitrogens with zero attached hydrogens (tertiary/aromatic N) is 5. The highest BCUT2D eigenvalue weighted by Gasteiger charge is 2.41. The fraction of sp³-hybridized carbons (Fsp3) is 0.695. The Kier molecular flexibility index (Phi) is 29.9. The largest absolute Gasteiger partial charge is 0.485 e. The highest BCUT2D eigenvalue weighted by molar-refractivity contribution is 7.81. The van der Waals surface area contributed by atoms with Gasteiger partial charge in [0.15, 0.2) is 12.4 Å². The molecule has 0 radical (unpaired) electrons.